The van der Waals surface area contributed by atoms with Crippen LogP contribution in [0.25, 0.3) is 17.5 Å². The van der Waals surface area contributed by atoms with E-state index in [9.17, 15) is 4.79 Å². The molecule has 0 radical (unpaired) electrons. The number of carboxylic acid groups (broad SMARTS) is 1. The maximum absolute atomic E-state index is 10.6. The van der Waals surface area contributed by atoms with Crippen LogP contribution in [0.15, 0.2) is 60.9 Å². The smallest absolute Gasteiger partial charge is 0.307 e. The lowest BCUT2D eigenvalue weighted by molar-refractivity contribution is -0.135. The maximum Gasteiger partial charge on any atom is 0.307 e. The molecule has 3 heterocycles. The first-order chi connectivity index (χ1) is 15.2. The summed E-state index contributed by atoms with van der Waals surface area (Å²) < 4.78 is 13.6. The van der Waals surface area contributed by atoms with E-state index in [0.717, 1.165) is 48.4 Å². The summed E-state index contributed by atoms with van der Waals surface area (Å²) in [6.45, 7) is 1.16. The van der Waals surface area contributed by atoms with Gasteiger partial charge < -0.3 is 14.6 Å². The second-order valence-electron chi connectivity index (χ2n) is 7.40. The second kappa shape index (κ2) is 10.0. The van der Waals surface area contributed by atoms with Gasteiger partial charge >= 0.3 is 5.97 Å². The quantitative estimate of drug-likeness (QED) is 0.569. The molecule has 0 amide bonds. The average molecular weight is 419 g/mol. The van der Waals surface area contributed by atoms with Crippen LogP contribution in [0.1, 0.15) is 43.0 Å². The Morgan fingerprint density at radius 3 is 2.97 bits per heavy atom. The Labute approximate surface area is 181 Å². The molecule has 7 nitrogen and oxygen atoms in total. The molecule has 0 spiro atoms. The molecule has 1 aliphatic heterocycles. The van der Waals surface area contributed by atoms with Gasteiger partial charge in [0, 0.05) is 12.8 Å². The third-order valence-electron chi connectivity index (χ3n) is 5.06. The number of carbonyl (C=O) groups is 1. The fraction of sp³-hybridized carbons (Fsp3) is 0.292. The van der Waals surface area contributed by atoms with Crippen molar-refractivity contribution in [2.24, 2.45) is 0 Å². The van der Waals surface area contributed by atoms with Gasteiger partial charge in [0.2, 0.25) is 0 Å². The van der Waals surface area contributed by atoms with Crippen molar-refractivity contribution in [3.05, 3.63) is 72.1 Å². The van der Waals surface area contributed by atoms with Crippen molar-refractivity contribution < 1.29 is 19.4 Å². The van der Waals surface area contributed by atoms with Gasteiger partial charge in [-0.25, -0.2) is 4.68 Å². The van der Waals surface area contributed by atoms with E-state index in [1.54, 1.807) is 24.5 Å². The van der Waals surface area contributed by atoms with Gasteiger partial charge in [0.25, 0.3) is 0 Å². The van der Waals surface area contributed by atoms with Gasteiger partial charge in [-0.2, -0.15) is 5.10 Å². The molecule has 0 saturated carbocycles. The van der Waals surface area contributed by atoms with Crippen molar-refractivity contribution in [1.82, 2.24) is 14.8 Å². The number of aliphatic carboxylic acids is 1. The van der Waals surface area contributed by atoms with Crippen LogP contribution in [0.3, 0.4) is 0 Å². The Morgan fingerprint density at radius 2 is 2.19 bits per heavy atom. The molecule has 31 heavy (non-hydrogen) atoms. The van der Waals surface area contributed by atoms with E-state index in [-0.39, 0.29) is 12.6 Å². The van der Waals surface area contributed by atoms with Crippen LogP contribution >= 0.6 is 0 Å². The van der Waals surface area contributed by atoms with Crippen molar-refractivity contribution in [2.45, 2.75) is 38.5 Å². The summed E-state index contributed by atoms with van der Waals surface area (Å²) in [5.74, 6) is -0.170. The van der Waals surface area contributed by atoms with Crippen LogP contribution < -0.4 is 4.74 Å². The zero-order chi connectivity index (χ0) is 21.5. The van der Waals surface area contributed by atoms with Crippen molar-refractivity contribution in [3.8, 4) is 17.1 Å². The predicted octanol–water partition coefficient (Wildman–Crippen LogP) is 4.71. The Balaban J connectivity index is 1.38. The van der Waals surface area contributed by atoms with Gasteiger partial charge in [-0.15, -0.1) is 0 Å². The normalized spacial score (nSPS) is 16.5. The molecule has 0 bridgehead atoms. The van der Waals surface area contributed by atoms with Crippen LogP contribution in [0.4, 0.5) is 0 Å². The van der Waals surface area contributed by atoms with E-state index in [4.69, 9.17) is 14.6 Å². The Hall–Kier alpha value is -3.45. The number of benzene rings is 1. The van der Waals surface area contributed by atoms with Crippen LogP contribution in [-0.2, 0) is 16.1 Å². The van der Waals surface area contributed by atoms with E-state index in [1.807, 2.05) is 47.1 Å². The molecule has 1 atom stereocenters. The Bertz CT molecular complexity index is 1040. The van der Waals surface area contributed by atoms with Gasteiger partial charge in [-0.05, 0) is 54.7 Å². The molecule has 2 aromatic heterocycles. The van der Waals surface area contributed by atoms with Crippen LogP contribution in [0.5, 0.6) is 5.75 Å². The van der Waals surface area contributed by atoms with Crippen molar-refractivity contribution in [3.63, 3.8) is 0 Å². The Morgan fingerprint density at radius 1 is 1.26 bits per heavy atom. The van der Waals surface area contributed by atoms with Crippen molar-refractivity contribution in [1.29, 1.82) is 0 Å². The number of carboxylic acids is 1. The minimum atomic E-state index is -0.846. The molecule has 1 aromatic carbocycles. The zero-order valence-electron chi connectivity index (χ0n) is 17.2. The topological polar surface area (TPSA) is 86.5 Å². The van der Waals surface area contributed by atoms with E-state index >= 15 is 0 Å². The van der Waals surface area contributed by atoms with Crippen LogP contribution in [0.2, 0.25) is 0 Å². The molecule has 1 aliphatic rings. The first kappa shape index (κ1) is 20.8. The third kappa shape index (κ3) is 5.58. The number of ether oxygens (including phenoxy) is 2. The summed E-state index contributed by atoms with van der Waals surface area (Å²) in [4.78, 5) is 15.2. The molecule has 160 valence electrons. The van der Waals surface area contributed by atoms with Gasteiger partial charge in [0.1, 0.15) is 12.4 Å². The average Bonchev–Trinajstić information content (AvgIpc) is 3.29. The summed E-state index contributed by atoms with van der Waals surface area (Å²) >= 11 is 0. The SMILES string of the molecule is O=C(O)C/C=C/c1cccc(COc2ccc(-c3ccnn3C3CCCCO3)nc2)c1. The minimum Gasteiger partial charge on any atom is -0.487 e. The second-order valence-corrected chi connectivity index (χ2v) is 7.40. The lowest BCUT2D eigenvalue weighted by Gasteiger charge is -2.24. The molecule has 7 heteroatoms. The largest absolute Gasteiger partial charge is 0.487 e. The van der Waals surface area contributed by atoms with E-state index in [1.165, 1.54) is 0 Å². The number of aromatic nitrogens is 3. The molecule has 0 aliphatic carbocycles. The Kier molecular flexibility index (Phi) is 6.74. The molecule has 1 unspecified atom stereocenters. The first-order valence-corrected chi connectivity index (χ1v) is 10.4. The number of hydrogen-bond acceptors (Lipinski definition) is 5. The fourth-order valence-corrected chi connectivity index (χ4v) is 3.53. The molecular formula is C24H25N3O4. The van der Waals surface area contributed by atoms with Gasteiger partial charge in [-0.3, -0.25) is 9.78 Å². The highest BCUT2D eigenvalue weighted by Gasteiger charge is 2.20. The lowest BCUT2D eigenvalue weighted by Crippen LogP contribution is -2.20. The molecule has 3 aromatic rings. The van der Waals surface area contributed by atoms with E-state index in [0.29, 0.717) is 12.4 Å². The highest BCUT2D eigenvalue weighted by Crippen LogP contribution is 2.28. The third-order valence-corrected chi connectivity index (χ3v) is 5.06. The van der Waals surface area contributed by atoms with Crippen molar-refractivity contribution in [2.75, 3.05) is 6.61 Å². The van der Waals surface area contributed by atoms with Crippen LogP contribution in [-0.4, -0.2) is 32.4 Å². The number of hydrogen-bond donors (Lipinski definition) is 1. The van der Waals surface area contributed by atoms with Crippen molar-refractivity contribution >= 4 is 12.0 Å². The van der Waals surface area contributed by atoms with E-state index in [2.05, 4.69) is 10.1 Å². The first-order valence-electron chi connectivity index (χ1n) is 10.4. The summed E-state index contributed by atoms with van der Waals surface area (Å²) in [7, 11) is 0. The standard InChI is InChI=1S/C24H25N3O4/c28-24(29)9-4-6-18-5-3-7-19(15-18)17-31-20-10-11-21(25-16-20)22-12-13-26-27(22)23-8-1-2-14-30-23/h3-7,10-13,15-16,23H,1-2,8-9,14,17H2,(H,28,29)/b6-4+. The number of rotatable bonds is 8. The summed E-state index contributed by atoms with van der Waals surface area (Å²) in [5, 5.41) is 13.2. The molecule has 1 saturated heterocycles. The monoisotopic (exact) mass is 419 g/mol. The summed E-state index contributed by atoms with van der Waals surface area (Å²) in [6, 6.07) is 13.6. The number of nitrogens with zero attached hydrogens (tertiary/aromatic N) is 3. The highest BCUT2D eigenvalue weighted by atomic mass is 16.5. The van der Waals surface area contributed by atoms with Crippen LogP contribution in [0, 0.1) is 0 Å². The molecule has 1 N–H and O–H groups in total. The van der Waals surface area contributed by atoms with Gasteiger partial charge in [0.05, 0.1) is 24.0 Å². The minimum absolute atomic E-state index is 0.00448. The fourth-order valence-electron chi connectivity index (χ4n) is 3.53. The van der Waals surface area contributed by atoms with Gasteiger partial charge in [-0.1, -0.05) is 30.4 Å². The summed E-state index contributed by atoms with van der Waals surface area (Å²) in [6.07, 6.45) is 10.1. The molecule has 1 fully saturated rings. The van der Waals surface area contributed by atoms with Gasteiger partial charge in [0.15, 0.2) is 6.23 Å². The molecule has 4 rings (SSSR count). The predicted molar refractivity (Wildman–Crippen MR) is 116 cm³/mol. The zero-order valence-corrected chi connectivity index (χ0v) is 17.2. The highest BCUT2D eigenvalue weighted by molar-refractivity contribution is 5.70. The maximum atomic E-state index is 10.6. The molecular weight excluding hydrogens is 394 g/mol. The number of pyridine rings is 1. The van der Waals surface area contributed by atoms with E-state index < -0.39 is 5.97 Å². The lowest BCUT2D eigenvalue weighted by atomic mass is 10.1. The summed E-state index contributed by atoms with van der Waals surface area (Å²) in [5.41, 5.74) is 3.69.